The zero-order chi connectivity index (χ0) is 11.6. The predicted molar refractivity (Wildman–Crippen MR) is 57.9 cm³/mol. The van der Waals surface area contributed by atoms with Gasteiger partial charge in [0.05, 0.1) is 6.04 Å². The molecule has 15 heavy (non-hydrogen) atoms. The van der Waals surface area contributed by atoms with E-state index in [2.05, 4.69) is 0 Å². The van der Waals surface area contributed by atoms with Crippen LogP contribution in [0.15, 0.2) is 0 Å². The standard InChI is InChI=1S/C9H20BFN2O2/c1-9(2,11)7(12)6-13-5-3-4-8(13)10(14)15/h7-8,14-15H,3-6,12H2,1-2H3/t7-,8+/m1/s1. The van der Waals surface area contributed by atoms with Crippen molar-refractivity contribution in [1.82, 2.24) is 4.90 Å². The molecule has 0 aromatic heterocycles. The molecule has 88 valence electrons. The summed E-state index contributed by atoms with van der Waals surface area (Å²) in [6, 6.07) is -0.600. The molecule has 0 unspecified atom stereocenters. The highest BCUT2D eigenvalue weighted by Gasteiger charge is 2.37. The Labute approximate surface area is 90.4 Å². The number of hydrogen-bond donors (Lipinski definition) is 3. The summed E-state index contributed by atoms with van der Waals surface area (Å²) in [5.74, 6) is -0.293. The Balaban J connectivity index is 2.50. The van der Waals surface area contributed by atoms with Gasteiger partial charge < -0.3 is 20.7 Å². The van der Waals surface area contributed by atoms with Crippen LogP contribution in [0.3, 0.4) is 0 Å². The summed E-state index contributed by atoms with van der Waals surface area (Å²) in [6.07, 6.45) is 1.64. The molecule has 4 N–H and O–H groups in total. The normalized spacial score (nSPS) is 25.6. The number of nitrogens with zero attached hydrogens (tertiary/aromatic N) is 1. The second-order valence-electron chi connectivity index (χ2n) is 4.79. The van der Waals surface area contributed by atoms with Gasteiger partial charge in [-0.25, -0.2) is 4.39 Å². The van der Waals surface area contributed by atoms with Crippen LogP contribution in [0, 0.1) is 0 Å². The topological polar surface area (TPSA) is 69.7 Å². The van der Waals surface area contributed by atoms with E-state index in [-0.39, 0.29) is 5.94 Å². The molecule has 1 heterocycles. The molecular weight excluding hydrogens is 198 g/mol. The first-order valence-electron chi connectivity index (χ1n) is 5.37. The Morgan fingerprint density at radius 1 is 1.60 bits per heavy atom. The van der Waals surface area contributed by atoms with E-state index >= 15 is 0 Å². The molecule has 1 fully saturated rings. The molecule has 0 aromatic carbocycles. The molecule has 0 amide bonds. The highest BCUT2D eigenvalue weighted by Crippen LogP contribution is 2.21. The van der Waals surface area contributed by atoms with Crippen LogP contribution in [0.5, 0.6) is 0 Å². The second-order valence-corrected chi connectivity index (χ2v) is 4.79. The van der Waals surface area contributed by atoms with Gasteiger partial charge in [-0.3, -0.25) is 0 Å². The summed E-state index contributed by atoms with van der Waals surface area (Å²) in [4.78, 5) is 1.86. The summed E-state index contributed by atoms with van der Waals surface area (Å²) in [7, 11) is -1.36. The summed E-state index contributed by atoms with van der Waals surface area (Å²) in [5.41, 5.74) is 4.28. The SMILES string of the molecule is CC(C)(F)[C@H](N)CN1CCC[C@H]1B(O)O. The maximum Gasteiger partial charge on any atom is 0.469 e. The smallest absolute Gasteiger partial charge is 0.426 e. The van der Waals surface area contributed by atoms with Crippen LogP contribution in [0.2, 0.25) is 0 Å². The Morgan fingerprint density at radius 2 is 2.20 bits per heavy atom. The Morgan fingerprint density at radius 3 is 2.67 bits per heavy atom. The lowest BCUT2D eigenvalue weighted by Gasteiger charge is -2.31. The third kappa shape index (κ3) is 3.41. The number of nitrogens with two attached hydrogens (primary N) is 1. The van der Waals surface area contributed by atoms with Crippen LogP contribution in [-0.4, -0.2) is 52.8 Å². The van der Waals surface area contributed by atoms with Crippen molar-refractivity contribution in [1.29, 1.82) is 0 Å². The van der Waals surface area contributed by atoms with Gasteiger partial charge in [0.15, 0.2) is 0 Å². The van der Waals surface area contributed by atoms with Crippen LogP contribution >= 0.6 is 0 Å². The second kappa shape index (κ2) is 4.78. The maximum absolute atomic E-state index is 13.5. The zero-order valence-electron chi connectivity index (χ0n) is 9.36. The highest BCUT2D eigenvalue weighted by atomic mass is 19.1. The van der Waals surface area contributed by atoms with E-state index in [0.29, 0.717) is 6.54 Å². The van der Waals surface area contributed by atoms with E-state index < -0.39 is 18.8 Å². The van der Waals surface area contributed by atoms with Crippen LogP contribution in [0.4, 0.5) is 4.39 Å². The van der Waals surface area contributed by atoms with E-state index in [1.807, 2.05) is 4.90 Å². The van der Waals surface area contributed by atoms with Crippen molar-refractivity contribution >= 4 is 7.12 Å². The Bertz CT molecular complexity index is 211. The van der Waals surface area contributed by atoms with Gasteiger partial charge in [-0.15, -0.1) is 0 Å². The van der Waals surface area contributed by atoms with E-state index in [1.165, 1.54) is 13.8 Å². The van der Waals surface area contributed by atoms with Gasteiger partial charge in [0.25, 0.3) is 0 Å². The zero-order valence-corrected chi connectivity index (χ0v) is 9.36. The first-order valence-corrected chi connectivity index (χ1v) is 5.37. The van der Waals surface area contributed by atoms with Crippen molar-refractivity contribution in [2.24, 2.45) is 5.73 Å². The van der Waals surface area contributed by atoms with Gasteiger partial charge >= 0.3 is 7.12 Å². The Hall–Kier alpha value is -0.165. The monoisotopic (exact) mass is 218 g/mol. The average Bonchev–Trinajstić information content (AvgIpc) is 2.50. The molecule has 0 bridgehead atoms. The quantitative estimate of drug-likeness (QED) is 0.558. The largest absolute Gasteiger partial charge is 0.469 e. The van der Waals surface area contributed by atoms with E-state index in [0.717, 1.165) is 19.4 Å². The fourth-order valence-electron chi connectivity index (χ4n) is 1.89. The van der Waals surface area contributed by atoms with Gasteiger partial charge in [-0.2, -0.15) is 0 Å². The fourth-order valence-corrected chi connectivity index (χ4v) is 1.89. The van der Waals surface area contributed by atoms with Gasteiger partial charge in [0.2, 0.25) is 0 Å². The summed E-state index contributed by atoms with van der Waals surface area (Å²) < 4.78 is 13.5. The number of halogens is 1. The van der Waals surface area contributed by atoms with Crippen molar-refractivity contribution in [3.8, 4) is 0 Å². The molecular formula is C9H20BFN2O2. The lowest BCUT2D eigenvalue weighted by atomic mass is 9.77. The van der Waals surface area contributed by atoms with Crippen molar-refractivity contribution in [3.63, 3.8) is 0 Å². The summed E-state index contributed by atoms with van der Waals surface area (Å²) >= 11 is 0. The predicted octanol–water partition coefficient (Wildman–Crippen LogP) is -0.462. The lowest BCUT2D eigenvalue weighted by Crippen LogP contribution is -2.52. The van der Waals surface area contributed by atoms with Crippen molar-refractivity contribution in [2.45, 2.75) is 44.3 Å². The molecule has 0 saturated carbocycles. The van der Waals surface area contributed by atoms with Crippen LogP contribution in [0.1, 0.15) is 26.7 Å². The number of likely N-dealkylation sites (tertiary alicyclic amines) is 1. The molecule has 1 rings (SSSR count). The van der Waals surface area contributed by atoms with Gasteiger partial charge in [0, 0.05) is 12.5 Å². The van der Waals surface area contributed by atoms with Crippen LogP contribution in [0.25, 0.3) is 0 Å². The van der Waals surface area contributed by atoms with Gasteiger partial charge in [0.1, 0.15) is 5.67 Å². The minimum Gasteiger partial charge on any atom is -0.426 e. The van der Waals surface area contributed by atoms with Gasteiger partial charge in [-0.05, 0) is 33.2 Å². The molecule has 1 saturated heterocycles. The lowest BCUT2D eigenvalue weighted by molar-refractivity contribution is 0.132. The van der Waals surface area contributed by atoms with Crippen molar-refractivity contribution in [2.75, 3.05) is 13.1 Å². The minimum absolute atomic E-state index is 0.293. The summed E-state index contributed by atoms with van der Waals surface area (Å²) in [5, 5.41) is 18.2. The fraction of sp³-hybridized carbons (Fsp3) is 1.00. The van der Waals surface area contributed by atoms with Crippen molar-refractivity contribution in [3.05, 3.63) is 0 Å². The summed E-state index contributed by atoms with van der Waals surface area (Å²) in [6.45, 7) is 4.01. The van der Waals surface area contributed by atoms with Gasteiger partial charge in [-0.1, -0.05) is 0 Å². The highest BCUT2D eigenvalue weighted by molar-refractivity contribution is 6.43. The Kier molecular flexibility index (Phi) is 4.11. The van der Waals surface area contributed by atoms with E-state index in [4.69, 9.17) is 15.8 Å². The molecule has 4 nitrogen and oxygen atoms in total. The third-order valence-corrected chi connectivity index (χ3v) is 3.07. The van der Waals surface area contributed by atoms with Crippen LogP contribution in [-0.2, 0) is 0 Å². The third-order valence-electron chi connectivity index (χ3n) is 3.07. The molecule has 0 spiro atoms. The van der Waals surface area contributed by atoms with E-state index in [1.54, 1.807) is 0 Å². The molecule has 0 aromatic rings. The number of hydrogen-bond acceptors (Lipinski definition) is 4. The van der Waals surface area contributed by atoms with Crippen LogP contribution < -0.4 is 5.73 Å². The minimum atomic E-state index is -1.44. The number of alkyl halides is 1. The molecule has 0 radical (unpaired) electrons. The number of rotatable bonds is 4. The first-order chi connectivity index (χ1) is 6.82. The molecule has 0 aliphatic carbocycles. The molecule has 1 aliphatic heterocycles. The molecule has 2 atom stereocenters. The van der Waals surface area contributed by atoms with Crippen molar-refractivity contribution < 1.29 is 14.4 Å². The maximum atomic E-state index is 13.5. The average molecular weight is 218 g/mol. The first kappa shape index (κ1) is 12.9. The van der Waals surface area contributed by atoms with E-state index in [9.17, 15) is 4.39 Å². The molecule has 6 heteroatoms. The molecule has 1 aliphatic rings.